The van der Waals surface area contributed by atoms with E-state index < -0.39 is 6.10 Å². The molecule has 2 aromatic rings. The highest BCUT2D eigenvalue weighted by atomic mass is 16.5. The molecule has 0 saturated carbocycles. The van der Waals surface area contributed by atoms with Crippen LogP contribution in [0.25, 0.3) is 10.9 Å². The van der Waals surface area contributed by atoms with E-state index in [1.807, 2.05) is 24.3 Å². The molecule has 1 aliphatic heterocycles. The molecule has 1 saturated heterocycles. The fourth-order valence-electron chi connectivity index (χ4n) is 4.78. The second-order valence-electron chi connectivity index (χ2n) is 8.70. The van der Waals surface area contributed by atoms with Gasteiger partial charge in [0, 0.05) is 18.1 Å². The van der Waals surface area contributed by atoms with Gasteiger partial charge < -0.3 is 14.7 Å². The summed E-state index contributed by atoms with van der Waals surface area (Å²) in [7, 11) is 1.67. The van der Waals surface area contributed by atoms with Crippen LogP contribution >= 0.6 is 0 Å². The molecular weight excluding hydrogens is 372 g/mol. The highest BCUT2D eigenvalue weighted by Gasteiger charge is 2.29. The number of aliphatic hydroxyl groups excluding tert-OH is 1. The zero-order chi connectivity index (χ0) is 21.3. The van der Waals surface area contributed by atoms with Gasteiger partial charge in [0.15, 0.2) is 0 Å². The van der Waals surface area contributed by atoms with E-state index in [-0.39, 0.29) is 0 Å². The monoisotopic (exact) mass is 410 g/mol. The van der Waals surface area contributed by atoms with Crippen molar-refractivity contribution >= 4 is 10.9 Å². The number of aromatic nitrogens is 1. The number of unbranched alkanes of at least 4 members (excludes halogenated alkanes) is 4. The lowest BCUT2D eigenvalue weighted by Gasteiger charge is -2.38. The van der Waals surface area contributed by atoms with Gasteiger partial charge in [0.2, 0.25) is 0 Å². The molecular formula is C26H38N2O2. The van der Waals surface area contributed by atoms with E-state index in [2.05, 4.69) is 29.5 Å². The molecule has 0 radical (unpaired) electrons. The van der Waals surface area contributed by atoms with Gasteiger partial charge in [-0.1, -0.05) is 38.7 Å². The van der Waals surface area contributed by atoms with Crippen molar-refractivity contribution in [3.63, 3.8) is 0 Å². The van der Waals surface area contributed by atoms with Crippen molar-refractivity contribution in [3.05, 3.63) is 48.7 Å². The molecule has 1 fully saturated rings. The molecule has 3 rings (SSSR count). The van der Waals surface area contributed by atoms with E-state index in [9.17, 15) is 5.11 Å². The summed E-state index contributed by atoms with van der Waals surface area (Å²) in [5.41, 5.74) is 1.84. The highest BCUT2D eigenvalue weighted by Crippen LogP contribution is 2.35. The average molecular weight is 411 g/mol. The third-order valence-electron chi connectivity index (χ3n) is 6.64. The Labute approximate surface area is 182 Å². The van der Waals surface area contributed by atoms with Crippen LogP contribution in [0.5, 0.6) is 5.75 Å². The van der Waals surface area contributed by atoms with Gasteiger partial charge in [-0.2, -0.15) is 0 Å². The number of fused-ring (bicyclic) bond motifs is 1. The lowest BCUT2D eigenvalue weighted by molar-refractivity contribution is 0.0842. The molecule has 164 valence electrons. The summed E-state index contributed by atoms with van der Waals surface area (Å²) >= 11 is 0. The predicted octanol–water partition coefficient (Wildman–Crippen LogP) is 5.76. The van der Waals surface area contributed by atoms with Crippen LogP contribution in [0, 0.1) is 11.8 Å². The first-order valence-electron chi connectivity index (χ1n) is 11.6. The minimum absolute atomic E-state index is 0.437. The van der Waals surface area contributed by atoms with Gasteiger partial charge in [-0.15, -0.1) is 6.58 Å². The fourth-order valence-corrected chi connectivity index (χ4v) is 4.78. The fraction of sp³-hybridized carbons (Fsp3) is 0.577. The van der Waals surface area contributed by atoms with Gasteiger partial charge in [-0.25, -0.2) is 0 Å². The number of benzene rings is 1. The number of likely N-dealkylation sites (tertiary alicyclic amines) is 1. The maximum atomic E-state index is 11.1. The minimum atomic E-state index is -0.504. The molecule has 0 amide bonds. The Hall–Kier alpha value is -1.91. The maximum Gasteiger partial charge on any atom is 0.119 e. The Bertz CT molecular complexity index is 807. The minimum Gasteiger partial charge on any atom is -0.497 e. The van der Waals surface area contributed by atoms with Crippen LogP contribution in [0.4, 0.5) is 0 Å². The predicted molar refractivity (Wildman–Crippen MR) is 125 cm³/mol. The first-order valence-corrected chi connectivity index (χ1v) is 11.6. The number of nitrogens with zero attached hydrogens (tertiary/aromatic N) is 2. The van der Waals surface area contributed by atoms with E-state index in [4.69, 9.17) is 4.74 Å². The second kappa shape index (κ2) is 11.5. The largest absolute Gasteiger partial charge is 0.497 e. The Morgan fingerprint density at radius 2 is 2.10 bits per heavy atom. The first-order chi connectivity index (χ1) is 14.7. The molecule has 4 nitrogen and oxygen atoms in total. The molecule has 1 aliphatic rings. The Balaban J connectivity index is 1.61. The third-order valence-corrected chi connectivity index (χ3v) is 6.64. The topological polar surface area (TPSA) is 45.6 Å². The van der Waals surface area contributed by atoms with Crippen LogP contribution < -0.4 is 4.74 Å². The van der Waals surface area contributed by atoms with Gasteiger partial charge in [-0.05, 0) is 74.0 Å². The number of aliphatic hydroxyl groups is 1. The summed E-state index contributed by atoms with van der Waals surface area (Å²) in [6.45, 7) is 9.76. The molecule has 0 unspecified atom stereocenters. The Kier molecular flexibility index (Phi) is 8.71. The average Bonchev–Trinajstić information content (AvgIpc) is 2.78. The summed E-state index contributed by atoms with van der Waals surface area (Å²) < 4.78 is 5.38. The first kappa shape index (κ1) is 22.8. The van der Waals surface area contributed by atoms with Crippen LogP contribution in [0.2, 0.25) is 0 Å². The molecule has 30 heavy (non-hydrogen) atoms. The zero-order valence-electron chi connectivity index (χ0n) is 18.7. The number of rotatable bonds is 11. The van der Waals surface area contributed by atoms with E-state index in [0.717, 1.165) is 48.1 Å². The summed E-state index contributed by atoms with van der Waals surface area (Å²) in [6, 6.07) is 7.79. The standard InChI is InChI=1S/C26H38N2O2/c1-4-6-7-8-9-15-28-16-13-21(20(5-2)19-28)17-26(29)23-12-14-27-25-11-10-22(30-3)18-24(23)25/h5,10-12,14,18,20-21,26,29H,2,4,6-9,13,15-17,19H2,1,3H3/t20-,21-,26+/m0/s1. The summed E-state index contributed by atoms with van der Waals surface area (Å²) in [4.78, 5) is 7.04. The van der Waals surface area contributed by atoms with Crippen molar-refractivity contribution in [1.82, 2.24) is 9.88 Å². The highest BCUT2D eigenvalue weighted by molar-refractivity contribution is 5.83. The van der Waals surface area contributed by atoms with Crippen molar-refractivity contribution in [3.8, 4) is 5.75 Å². The molecule has 0 bridgehead atoms. The normalized spacial score (nSPS) is 20.9. The van der Waals surface area contributed by atoms with Crippen molar-refractivity contribution < 1.29 is 9.84 Å². The third kappa shape index (κ3) is 5.83. The quantitative estimate of drug-likeness (QED) is 0.378. The van der Waals surface area contributed by atoms with Crippen LogP contribution in [-0.4, -0.2) is 41.7 Å². The molecule has 0 spiro atoms. The van der Waals surface area contributed by atoms with Gasteiger partial charge >= 0.3 is 0 Å². The maximum absolute atomic E-state index is 11.1. The molecule has 1 aromatic heterocycles. The van der Waals surface area contributed by atoms with Crippen molar-refractivity contribution in [2.75, 3.05) is 26.7 Å². The summed E-state index contributed by atoms with van der Waals surface area (Å²) in [6.07, 6.45) is 11.9. The molecule has 3 atom stereocenters. The van der Waals surface area contributed by atoms with Crippen molar-refractivity contribution in [2.24, 2.45) is 11.8 Å². The van der Waals surface area contributed by atoms with Crippen molar-refractivity contribution in [1.29, 1.82) is 0 Å². The SMILES string of the molecule is C=C[C@H]1CN(CCCCCCC)CC[C@H]1C[C@@H](O)c1ccnc2ccc(OC)cc12. The van der Waals surface area contributed by atoms with E-state index >= 15 is 0 Å². The number of hydrogen-bond donors (Lipinski definition) is 1. The van der Waals surface area contributed by atoms with Gasteiger partial charge in [-0.3, -0.25) is 4.98 Å². The van der Waals surface area contributed by atoms with Gasteiger partial charge in [0.1, 0.15) is 5.75 Å². The van der Waals surface area contributed by atoms with E-state index in [1.54, 1.807) is 13.3 Å². The molecule has 1 aromatic carbocycles. The smallest absolute Gasteiger partial charge is 0.119 e. The summed E-state index contributed by atoms with van der Waals surface area (Å²) in [5, 5.41) is 12.1. The van der Waals surface area contributed by atoms with Gasteiger partial charge in [0.25, 0.3) is 0 Å². The Morgan fingerprint density at radius 3 is 2.87 bits per heavy atom. The molecule has 4 heteroatoms. The van der Waals surface area contributed by atoms with Crippen molar-refractivity contribution in [2.45, 2.75) is 58.0 Å². The lowest BCUT2D eigenvalue weighted by Crippen LogP contribution is -2.40. The zero-order valence-corrected chi connectivity index (χ0v) is 18.7. The van der Waals surface area contributed by atoms with Gasteiger partial charge in [0.05, 0.1) is 18.7 Å². The number of piperidine rings is 1. The number of hydrogen-bond acceptors (Lipinski definition) is 4. The lowest BCUT2D eigenvalue weighted by atomic mass is 9.80. The van der Waals surface area contributed by atoms with Crippen LogP contribution in [0.1, 0.15) is 63.5 Å². The Morgan fingerprint density at radius 1 is 1.27 bits per heavy atom. The molecule has 0 aliphatic carbocycles. The molecule has 1 N–H and O–H groups in total. The van der Waals surface area contributed by atoms with E-state index in [1.165, 1.54) is 38.6 Å². The second-order valence-corrected chi connectivity index (χ2v) is 8.70. The number of pyridine rings is 1. The summed E-state index contributed by atoms with van der Waals surface area (Å²) in [5.74, 6) is 1.69. The number of methoxy groups -OCH3 is 1. The van der Waals surface area contributed by atoms with Crippen LogP contribution in [0.15, 0.2) is 43.1 Å². The van der Waals surface area contributed by atoms with Crippen LogP contribution in [0.3, 0.4) is 0 Å². The molecule has 2 heterocycles. The number of ether oxygens (including phenoxy) is 1. The van der Waals surface area contributed by atoms with E-state index in [0.29, 0.717) is 11.8 Å². The van der Waals surface area contributed by atoms with Crippen LogP contribution in [-0.2, 0) is 0 Å².